The summed E-state index contributed by atoms with van der Waals surface area (Å²) >= 11 is 0. The van der Waals surface area contributed by atoms with Gasteiger partial charge in [-0.1, -0.05) is 32.9 Å². The van der Waals surface area contributed by atoms with Crippen LogP contribution in [0.15, 0.2) is 12.2 Å². The Balaban J connectivity index is 3.00. The number of rotatable bonds is 6. The van der Waals surface area contributed by atoms with Crippen molar-refractivity contribution in [1.82, 2.24) is 0 Å². The maximum atomic E-state index is 11.3. The summed E-state index contributed by atoms with van der Waals surface area (Å²) in [5.41, 5.74) is -0.526. The Bertz CT molecular complexity index is 592. The molecule has 0 heterocycles. The van der Waals surface area contributed by atoms with Crippen LogP contribution in [0.1, 0.15) is 20.8 Å². The lowest BCUT2D eigenvalue weighted by molar-refractivity contribution is 0.00670. The lowest BCUT2D eigenvalue weighted by Gasteiger charge is -2.45. The minimum atomic E-state index is -3.55. The van der Waals surface area contributed by atoms with Crippen LogP contribution in [0, 0.1) is 23.2 Å². The fourth-order valence-corrected chi connectivity index (χ4v) is 3.51. The van der Waals surface area contributed by atoms with Gasteiger partial charge in [0.15, 0.2) is 0 Å². The first-order valence-electron chi connectivity index (χ1n) is 6.72. The third-order valence-corrected chi connectivity index (χ3v) is 5.38. The van der Waals surface area contributed by atoms with Crippen LogP contribution in [0.2, 0.25) is 0 Å². The Labute approximate surface area is 127 Å². The summed E-state index contributed by atoms with van der Waals surface area (Å²) in [5, 5.41) is 0. The molecular formula is C13H24O6S2. The molecule has 6 nitrogen and oxygen atoms in total. The predicted octanol–water partition coefficient (Wildman–Crippen LogP) is 1.40. The molecule has 0 saturated heterocycles. The van der Waals surface area contributed by atoms with Gasteiger partial charge in [0.2, 0.25) is 0 Å². The highest BCUT2D eigenvalue weighted by molar-refractivity contribution is 7.86. The average Bonchev–Trinajstić information content (AvgIpc) is 2.29. The van der Waals surface area contributed by atoms with E-state index in [-0.39, 0.29) is 31.0 Å². The van der Waals surface area contributed by atoms with Crippen molar-refractivity contribution in [2.75, 3.05) is 25.7 Å². The van der Waals surface area contributed by atoms with E-state index in [1.165, 1.54) is 0 Å². The van der Waals surface area contributed by atoms with Crippen molar-refractivity contribution in [2.24, 2.45) is 23.2 Å². The average molecular weight is 340 g/mol. The van der Waals surface area contributed by atoms with E-state index >= 15 is 0 Å². The highest BCUT2D eigenvalue weighted by Gasteiger charge is 2.44. The Kier molecular flexibility index (Phi) is 5.63. The number of hydrogen-bond acceptors (Lipinski definition) is 6. The third-order valence-electron chi connectivity index (χ3n) is 4.27. The van der Waals surface area contributed by atoms with Crippen LogP contribution in [-0.2, 0) is 28.6 Å². The van der Waals surface area contributed by atoms with Crippen molar-refractivity contribution in [3.63, 3.8) is 0 Å². The van der Waals surface area contributed by atoms with E-state index in [1.807, 2.05) is 32.9 Å². The summed E-state index contributed by atoms with van der Waals surface area (Å²) in [4.78, 5) is 0. The van der Waals surface area contributed by atoms with Crippen LogP contribution in [-0.4, -0.2) is 42.6 Å². The van der Waals surface area contributed by atoms with Crippen molar-refractivity contribution in [3.8, 4) is 0 Å². The van der Waals surface area contributed by atoms with E-state index in [2.05, 4.69) is 0 Å². The fourth-order valence-electron chi connectivity index (χ4n) is 2.65. The Morgan fingerprint density at radius 2 is 1.52 bits per heavy atom. The van der Waals surface area contributed by atoms with Crippen LogP contribution in [0.4, 0.5) is 0 Å². The quantitative estimate of drug-likeness (QED) is 0.536. The summed E-state index contributed by atoms with van der Waals surface area (Å²) in [5.74, 6) is -0.0475. The Morgan fingerprint density at radius 3 is 2.00 bits per heavy atom. The van der Waals surface area contributed by atoms with Gasteiger partial charge in [-0.05, 0) is 17.8 Å². The van der Waals surface area contributed by atoms with Crippen molar-refractivity contribution in [2.45, 2.75) is 20.8 Å². The fraction of sp³-hybridized carbons (Fsp3) is 0.846. The summed E-state index contributed by atoms with van der Waals surface area (Å²) < 4.78 is 54.9. The van der Waals surface area contributed by atoms with Crippen LogP contribution >= 0.6 is 0 Å². The van der Waals surface area contributed by atoms with Gasteiger partial charge < -0.3 is 0 Å². The van der Waals surface area contributed by atoms with Crippen molar-refractivity contribution < 1.29 is 25.2 Å². The molecule has 0 saturated carbocycles. The maximum Gasteiger partial charge on any atom is 0.264 e. The highest BCUT2D eigenvalue weighted by atomic mass is 32.2. The first kappa shape index (κ1) is 18.6. The van der Waals surface area contributed by atoms with Gasteiger partial charge >= 0.3 is 0 Å². The number of allylic oxidation sites excluding steroid dienone is 2. The molecule has 0 aromatic heterocycles. The van der Waals surface area contributed by atoms with Crippen molar-refractivity contribution in [3.05, 3.63) is 12.2 Å². The lowest BCUT2D eigenvalue weighted by Crippen LogP contribution is -2.45. The van der Waals surface area contributed by atoms with Crippen LogP contribution in [0.5, 0.6) is 0 Å². The highest BCUT2D eigenvalue weighted by Crippen LogP contribution is 2.45. The van der Waals surface area contributed by atoms with Crippen molar-refractivity contribution >= 4 is 20.2 Å². The lowest BCUT2D eigenvalue weighted by atomic mass is 9.62. The molecular weight excluding hydrogens is 316 g/mol. The molecule has 0 N–H and O–H groups in total. The van der Waals surface area contributed by atoms with E-state index in [4.69, 9.17) is 8.37 Å². The summed E-state index contributed by atoms with van der Waals surface area (Å²) in [7, 11) is -7.09. The summed E-state index contributed by atoms with van der Waals surface area (Å²) in [6.45, 7) is 5.83. The molecule has 0 aliphatic heterocycles. The molecule has 0 spiro atoms. The second kappa shape index (κ2) is 6.36. The molecule has 0 bridgehead atoms. The van der Waals surface area contributed by atoms with Gasteiger partial charge in [0.05, 0.1) is 25.7 Å². The molecule has 21 heavy (non-hydrogen) atoms. The zero-order valence-electron chi connectivity index (χ0n) is 13.1. The van der Waals surface area contributed by atoms with E-state index in [0.717, 1.165) is 12.5 Å². The van der Waals surface area contributed by atoms with Gasteiger partial charge in [0, 0.05) is 5.41 Å². The van der Waals surface area contributed by atoms with Crippen LogP contribution in [0.3, 0.4) is 0 Å². The van der Waals surface area contributed by atoms with Gasteiger partial charge in [0.1, 0.15) is 0 Å². The minimum Gasteiger partial charge on any atom is -0.270 e. The second-order valence-electron chi connectivity index (χ2n) is 6.10. The maximum absolute atomic E-state index is 11.3. The van der Waals surface area contributed by atoms with E-state index in [9.17, 15) is 16.8 Å². The largest absolute Gasteiger partial charge is 0.270 e. The zero-order chi connectivity index (χ0) is 16.5. The molecule has 0 amide bonds. The molecule has 1 rings (SSSR count). The smallest absolute Gasteiger partial charge is 0.264 e. The molecule has 1 aliphatic carbocycles. The first-order chi connectivity index (χ1) is 9.35. The molecule has 0 fully saturated rings. The van der Waals surface area contributed by atoms with Gasteiger partial charge in [0.25, 0.3) is 20.2 Å². The molecule has 124 valence electrons. The molecule has 1 aliphatic rings. The topological polar surface area (TPSA) is 86.7 Å². The SMILES string of the molecule is C[C@@H]1C=C[C@H](C)[C@@H](COS(C)(=O)=O)[C@@]1(C)COS(C)(=O)=O. The van der Waals surface area contributed by atoms with Gasteiger partial charge in [-0.25, -0.2) is 0 Å². The molecule has 8 heteroatoms. The van der Waals surface area contributed by atoms with E-state index in [0.29, 0.717) is 0 Å². The molecule has 0 aromatic carbocycles. The van der Waals surface area contributed by atoms with Gasteiger partial charge in [-0.3, -0.25) is 8.37 Å². The third kappa shape index (κ3) is 5.36. The molecule has 0 aromatic rings. The monoisotopic (exact) mass is 340 g/mol. The van der Waals surface area contributed by atoms with E-state index < -0.39 is 25.7 Å². The molecule has 0 radical (unpaired) electrons. The van der Waals surface area contributed by atoms with E-state index in [1.54, 1.807) is 0 Å². The Hall–Kier alpha value is -0.440. The zero-order valence-corrected chi connectivity index (χ0v) is 14.7. The minimum absolute atomic E-state index is 0.000527. The number of hydrogen-bond donors (Lipinski definition) is 0. The van der Waals surface area contributed by atoms with Gasteiger partial charge in [-0.2, -0.15) is 16.8 Å². The van der Waals surface area contributed by atoms with Crippen LogP contribution in [0.25, 0.3) is 0 Å². The predicted molar refractivity (Wildman–Crippen MR) is 80.7 cm³/mol. The molecule has 0 unspecified atom stereocenters. The normalized spacial score (nSPS) is 34.0. The first-order valence-corrected chi connectivity index (χ1v) is 10.4. The summed E-state index contributed by atoms with van der Waals surface area (Å²) in [6, 6.07) is 0. The van der Waals surface area contributed by atoms with Gasteiger partial charge in [-0.15, -0.1) is 0 Å². The Morgan fingerprint density at radius 1 is 1.00 bits per heavy atom. The second-order valence-corrected chi connectivity index (χ2v) is 9.39. The molecule has 4 atom stereocenters. The van der Waals surface area contributed by atoms with Crippen molar-refractivity contribution in [1.29, 1.82) is 0 Å². The summed E-state index contributed by atoms with van der Waals surface area (Å²) in [6.07, 6.45) is 6.02. The standard InChI is InChI=1S/C13H24O6S2/c1-10-6-7-11(2)13(3,9-19-21(5,16)17)12(10)8-18-20(4,14)15/h6-7,10-12H,8-9H2,1-5H3/t10-,11+,12+,13-/m0/s1. The van der Waals surface area contributed by atoms with Crippen LogP contribution < -0.4 is 0 Å².